The second-order valence-corrected chi connectivity index (χ2v) is 9.08. The number of nitrogen functional groups attached to an aromatic ring is 1. The molecule has 0 fully saturated rings. The van der Waals surface area contributed by atoms with E-state index in [4.69, 9.17) is 5.73 Å². The highest BCUT2D eigenvalue weighted by atomic mass is 32.2. The topological polar surface area (TPSA) is 123 Å². The van der Waals surface area contributed by atoms with Crippen molar-refractivity contribution in [2.24, 2.45) is 0 Å². The van der Waals surface area contributed by atoms with Gasteiger partial charge in [0.2, 0.25) is 0 Å². The summed E-state index contributed by atoms with van der Waals surface area (Å²) in [6, 6.07) is 3.87. The molecule has 0 aromatic heterocycles. The second-order valence-electron chi connectivity index (χ2n) is 4.80. The van der Waals surface area contributed by atoms with Crippen LogP contribution in [-0.2, 0) is 19.7 Å². The van der Waals surface area contributed by atoms with Crippen molar-refractivity contribution in [1.29, 1.82) is 0 Å². The zero-order valence-corrected chi connectivity index (χ0v) is 13.4. The molecule has 0 aliphatic carbocycles. The predicted octanol–water partition coefficient (Wildman–Crippen LogP) is -0.163. The summed E-state index contributed by atoms with van der Waals surface area (Å²) in [5, 5.41) is 2.52. The minimum absolute atomic E-state index is 0.0290. The molecule has 0 bridgehead atoms. The highest BCUT2D eigenvalue weighted by Gasteiger charge is 2.13. The molecule has 0 aliphatic heterocycles. The summed E-state index contributed by atoms with van der Waals surface area (Å²) in [7, 11) is -6.54. The fourth-order valence-corrected chi connectivity index (χ4v) is 2.97. The first-order valence-corrected chi connectivity index (χ1v) is 10.0. The molecule has 118 valence electrons. The number of carbonyl (C=O) groups is 1. The molecule has 0 spiro atoms. The first-order chi connectivity index (χ1) is 9.49. The Morgan fingerprint density at radius 1 is 1.14 bits per heavy atom. The molecular weight excluding hydrogens is 316 g/mol. The maximum absolute atomic E-state index is 11.9. The Balaban J connectivity index is 2.77. The van der Waals surface area contributed by atoms with Crippen molar-refractivity contribution in [3.05, 3.63) is 23.8 Å². The van der Waals surface area contributed by atoms with Gasteiger partial charge in [0.15, 0.2) is 9.84 Å². The smallest absolute Gasteiger partial charge is 0.251 e. The summed E-state index contributed by atoms with van der Waals surface area (Å²) >= 11 is 0. The highest BCUT2D eigenvalue weighted by Crippen LogP contribution is 2.16. The van der Waals surface area contributed by atoms with Gasteiger partial charge in [-0.2, -0.15) is 0 Å². The summed E-state index contributed by atoms with van der Waals surface area (Å²) < 4.78 is 44.9. The first-order valence-electron chi connectivity index (χ1n) is 6.05. The number of nitrogens with one attached hydrogen (secondary N) is 1. The molecule has 1 aromatic carbocycles. The fraction of sp³-hybridized carbons (Fsp3) is 0.417. The van der Waals surface area contributed by atoms with Crippen molar-refractivity contribution in [2.75, 3.05) is 30.5 Å². The minimum atomic E-state index is -3.47. The minimum Gasteiger partial charge on any atom is -0.399 e. The van der Waals surface area contributed by atoms with E-state index in [-0.39, 0.29) is 34.9 Å². The molecule has 1 amide bonds. The molecule has 21 heavy (non-hydrogen) atoms. The van der Waals surface area contributed by atoms with Crippen LogP contribution in [0.25, 0.3) is 0 Å². The van der Waals surface area contributed by atoms with Crippen LogP contribution in [0.3, 0.4) is 0 Å². The van der Waals surface area contributed by atoms with Gasteiger partial charge >= 0.3 is 0 Å². The van der Waals surface area contributed by atoms with Crippen LogP contribution in [0.5, 0.6) is 0 Å². The van der Waals surface area contributed by atoms with Crippen LogP contribution >= 0.6 is 0 Å². The van der Waals surface area contributed by atoms with E-state index in [0.29, 0.717) is 0 Å². The van der Waals surface area contributed by atoms with E-state index in [1.165, 1.54) is 18.2 Å². The SMILES string of the molecule is CS(=O)(=O)CCCNC(=O)c1cc(N)cc(S(C)(=O)=O)c1. The van der Waals surface area contributed by atoms with Crippen LogP contribution in [0.1, 0.15) is 16.8 Å². The number of benzene rings is 1. The van der Waals surface area contributed by atoms with Gasteiger partial charge in [0.05, 0.1) is 10.6 Å². The van der Waals surface area contributed by atoms with Crippen LogP contribution in [0.2, 0.25) is 0 Å². The Morgan fingerprint density at radius 2 is 1.76 bits per heavy atom. The quantitative estimate of drug-likeness (QED) is 0.550. The normalized spacial score (nSPS) is 12.1. The molecular formula is C12H18N2O5S2. The number of carbonyl (C=O) groups excluding carboxylic acids is 1. The van der Waals surface area contributed by atoms with Crippen LogP contribution in [0, 0.1) is 0 Å². The third-order valence-electron chi connectivity index (χ3n) is 2.60. The second kappa shape index (κ2) is 6.44. The highest BCUT2D eigenvalue weighted by molar-refractivity contribution is 7.91. The van der Waals surface area contributed by atoms with Gasteiger partial charge in [-0.1, -0.05) is 0 Å². The lowest BCUT2D eigenvalue weighted by molar-refractivity contribution is 0.0953. The van der Waals surface area contributed by atoms with Gasteiger partial charge in [-0.25, -0.2) is 16.8 Å². The first kappa shape index (κ1) is 17.4. The third kappa shape index (κ3) is 6.13. The van der Waals surface area contributed by atoms with Crippen LogP contribution < -0.4 is 11.1 Å². The van der Waals surface area contributed by atoms with Crippen molar-refractivity contribution in [3.8, 4) is 0 Å². The maximum Gasteiger partial charge on any atom is 0.251 e. The molecule has 1 rings (SSSR count). The van der Waals surface area contributed by atoms with Gasteiger partial charge in [-0.3, -0.25) is 4.79 Å². The third-order valence-corrected chi connectivity index (χ3v) is 4.72. The number of amides is 1. The van der Waals surface area contributed by atoms with Gasteiger partial charge in [-0.15, -0.1) is 0 Å². The largest absolute Gasteiger partial charge is 0.399 e. The molecule has 7 nitrogen and oxygen atoms in total. The Bertz CT molecular complexity index is 739. The van der Waals surface area contributed by atoms with Crippen molar-refractivity contribution in [1.82, 2.24) is 5.32 Å². The average Bonchev–Trinajstić information content (AvgIpc) is 2.31. The van der Waals surface area contributed by atoms with Crippen molar-refractivity contribution < 1.29 is 21.6 Å². The number of sulfone groups is 2. The summed E-state index contributed by atoms with van der Waals surface area (Å²) in [5.41, 5.74) is 5.87. The molecule has 0 saturated heterocycles. The number of hydrogen-bond donors (Lipinski definition) is 2. The molecule has 0 aliphatic rings. The summed E-state index contributed by atoms with van der Waals surface area (Å²) in [4.78, 5) is 11.9. The lowest BCUT2D eigenvalue weighted by atomic mass is 10.2. The van der Waals surface area contributed by atoms with E-state index in [1.807, 2.05) is 0 Å². The molecule has 0 radical (unpaired) electrons. The Morgan fingerprint density at radius 3 is 2.29 bits per heavy atom. The molecule has 3 N–H and O–H groups in total. The average molecular weight is 334 g/mol. The summed E-state index contributed by atoms with van der Waals surface area (Å²) in [5.74, 6) is -0.528. The van der Waals surface area contributed by atoms with E-state index < -0.39 is 25.6 Å². The Labute approximate surface area is 124 Å². The Hall–Kier alpha value is -1.61. The fourth-order valence-electron chi connectivity index (χ4n) is 1.61. The summed E-state index contributed by atoms with van der Waals surface area (Å²) in [6.45, 7) is 0.176. The van der Waals surface area contributed by atoms with Crippen molar-refractivity contribution in [2.45, 2.75) is 11.3 Å². The molecule has 1 aromatic rings. The van der Waals surface area contributed by atoms with Gasteiger partial charge < -0.3 is 11.1 Å². The monoisotopic (exact) mass is 334 g/mol. The zero-order chi connectivity index (χ0) is 16.3. The molecule has 0 unspecified atom stereocenters. The van der Waals surface area contributed by atoms with Gasteiger partial charge in [0.25, 0.3) is 5.91 Å². The van der Waals surface area contributed by atoms with E-state index in [9.17, 15) is 21.6 Å². The molecule has 0 saturated carbocycles. The van der Waals surface area contributed by atoms with Crippen LogP contribution in [-0.4, -0.2) is 47.6 Å². The number of anilines is 1. The number of rotatable bonds is 6. The predicted molar refractivity (Wildman–Crippen MR) is 80.6 cm³/mol. The number of nitrogens with two attached hydrogens (primary N) is 1. The van der Waals surface area contributed by atoms with Gasteiger partial charge in [0, 0.05) is 30.3 Å². The van der Waals surface area contributed by atoms with E-state index in [0.717, 1.165) is 12.5 Å². The van der Waals surface area contributed by atoms with Gasteiger partial charge in [-0.05, 0) is 24.6 Å². The maximum atomic E-state index is 11.9. The molecule has 0 heterocycles. The molecule has 9 heteroatoms. The Kier molecular flexibility index (Phi) is 5.35. The van der Waals surface area contributed by atoms with Gasteiger partial charge in [0.1, 0.15) is 9.84 Å². The van der Waals surface area contributed by atoms with E-state index in [1.54, 1.807) is 0 Å². The van der Waals surface area contributed by atoms with Crippen LogP contribution in [0.15, 0.2) is 23.1 Å². The zero-order valence-electron chi connectivity index (χ0n) is 11.8. The summed E-state index contributed by atoms with van der Waals surface area (Å²) in [6.07, 6.45) is 2.42. The van der Waals surface area contributed by atoms with Crippen molar-refractivity contribution >= 4 is 31.3 Å². The number of hydrogen-bond acceptors (Lipinski definition) is 6. The lowest BCUT2D eigenvalue weighted by Gasteiger charge is -2.07. The van der Waals surface area contributed by atoms with Crippen molar-refractivity contribution in [3.63, 3.8) is 0 Å². The lowest BCUT2D eigenvalue weighted by Crippen LogP contribution is -2.26. The standard InChI is InChI=1S/C12H18N2O5S2/c1-20(16,17)5-3-4-14-12(15)9-6-10(13)8-11(7-9)21(2,18)19/h6-8H,3-5,13H2,1-2H3,(H,14,15). The van der Waals surface area contributed by atoms with E-state index in [2.05, 4.69) is 5.32 Å². The van der Waals surface area contributed by atoms with Crippen LogP contribution in [0.4, 0.5) is 5.69 Å². The van der Waals surface area contributed by atoms with E-state index >= 15 is 0 Å². The molecule has 0 atom stereocenters.